The summed E-state index contributed by atoms with van der Waals surface area (Å²) in [4.78, 5) is 31.4. The molecular formula is C22H28N2O6. The summed E-state index contributed by atoms with van der Waals surface area (Å²) in [5.41, 5.74) is -0.0647. The lowest BCUT2D eigenvalue weighted by Gasteiger charge is -2.48. The van der Waals surface area contributed by atoms with E-state index in [4.69, 9.17) is 14.3 Å². The molecule has 2 N–H and O–H groups in total. The molecule has 4 fully saturated rings. The molecule has 3 saturated heterocycles. The third-order valence-electron chi connectivity index (χ3n) is 7.80. The van der Waals surface area contributed by atoms with E-state index in [-0.39, 0.29) is 30.4 Å². The van der Waals surface area contributed by atoms with Gasteiger partial charge in [0.1, 0.15) is 17.6 Å². The van der Waals surface area contributed by atoms with Crippen molar-refractivity contribution in [2.24, 2.45) is 11.8 Å². The second kappa shape index (κ2) is 6.75. The van der Waals surface area contributed by atoms with Crippen molar-refractivity contribution < 1.29 is 29.0 Å². The summed E-state index contributed by atoms with van der Waals surface area (Å²) in [7, 11) is 1.48. The lowest BCUT2D eigenvalue weighted by atomic mass is 9.67. The Morgan fingerprint density at radius 3 is 2.83 bits per heavy atom. The van der Waals surface area contributed by atoms with Crippen molar-refractivity contribution >= 4 is 17.6 Å². The van der Waals surface area contributed by atoms with Gasteiger partial charge in [0, 0.05) is 30.3 Å². The first-order valence-corrected chi connectivity index (χ1v) is 10.6. The number of nitrogens with zero attached hydrogens (tertiary/aromatic N) is 1. The highest BCUT2D eigenvalue weighted by Gasteiger charge is 2.71. The van der Waals surface area contributed by atoms with Crippen molar-refractivity contribution in [1.29, 1.82) is 0 Å². The number of aliphatic hydroxyl groups excluding tert-OH is 1. The second-order valence-corrected chi connectivity index (χ2v) is 8.91. The summed E-state index contributed by atoms with van der Waals surface area (Å²) in [5, 5.41) is 15.3. The average molecular weight is 416 g/mol. The maximum Gasteiger partial charge on any atom is 0.303 e. The van der Waals surface area contributed by atoms with Crippen molar-refractivity contribution in [3.05, 3.63) is 29.8 Å². The van der Waals surface area contributed by atoms with Gasteiger partial charge in [-0.3, -0.25) is 14.4 Å². The molecule has 7 atom stereocenters. The number of hydroxylamine groups is 1. The van der Waals surface area contributed by atoms with E-state index in [1.807, 2.05) is 31.2 Å². The van der Waals surface area contributed by atoms with E-state index in [1.165, 1.54) is 19.1 Å². The molecule has 1 aliphatic carbocycles. The maximum atomic E-state index is 13.8. The summed E-state index contributed by atoms with van der Waals surface area (Å²) in [5.74, 6) is -0.723. The molecule has 0 aromatic heterocycles. The van der Waals surface area contributed by atoms with E-state index >= 15 is 0 Å². The van der Waals surface area contributed by atoms with Crippen LogP contribution in [0.1, 0.15) is 32.3 Å². The zero-order chi connectivity index (χ0) is 21.3. The van der Waals surface area contributed by atoms with E-state index in [1.54, 1.807) is 0 Å². The molecule has 4 bridgehead atoms. The number of para-hydroxylation sites is 1. The number of amides is 1. The van der Waals surface area contributed by atoms with Gasteiger partial charge in [0.2, 0.25) is 0 Å². The number of hydrogen-bond donors (Lipinski definition) is 2. The van der Waals surface area contributed by atoms with Gasteiger partial charge in [-0.25, -0.2) is 0 Å². The number of hydrogen-bond acceptors (Lipinski definition) is 7. The van der Waals surface area contributed by atoms with Gasteiger partial charge in [0.05, 0.1) is 26.0 Å². The van der Waals surface area contributed by atoms with Gasteiger partial charge < -0.3 is 19.9 Å². The fourth-order valence-electron chi connectivity index (χ4n) is 6.61. The second-order valence-electron chi connectivity index (χ2n) is 8.91. The van der Waals surface area contributed by atoms with Crippen LogP contribution >= 0.6 is 0 Å². The lowest BCUT2D eigenvalue weighted by molar-refractivity contribution is -0.192. The number of esters is 1. The molecule has 162 valence electrons. The highest BCUT2D eigenvalue weighted by Crippen LogP contribution is 2.59. The first-order valence-electron chi connectivity index (χ1n) is 10.6. The van der Waals surface area contributed by atoms with Gasteiger partial charge in [-0.1, -0.05) is 25.1 Å². The number of anilines is 1. The van der Waals surface area contributed by atoms with Gasteiger partial charge >= 0.3 is 5.97 Å². The quantitative estimate of drug-likeness (QED) is 0.704. The Morgan fingerprint density at radius 1 is 1.40 bits per heavy atom. The molecular weight excluding hydrogens is 388 g/mol. The van der Waals surface area contributed by atoms with Crippen LogP contribution in [0.2, 0.25) is 0 Å². The van der Waals surface area contributed by atoms with Crippen LogP contribution in [0.4, 0.5) is 5.69 Å². The van der Waals surface area contributed by atoms with Gasteiger partial charge in [-0.2, -0.15) is 5.06 Å². The Labute approximate surface area is 175 Å². The number of ether oxygens (including phenoxy) is 2. The topological polar surface area (TPSA) is 97.3 Å². The number of carbonyl (C=O) groups is 2. The Hall–Kier alpha value is -2.00. The van der Waals surface area contributed by atoms with Gasteiger partial charge in [0.15, 0.2) is 0 Å². The fourth-order valence-corrected chi connectivity index (χ4v) is 6.61. The molecule has 5 aliphatic rings. The molecule has 0 radical (unpaired) electrons. The van der Waals surface area contributed by atoms with Crippen LogP contribution in [-0.4, -0.2) is 61.1 Å². The van der Waals surface area contributed by atoms with E-state index < -0.39 is 29.1 Å². The van der Waals surface area contributed by atoms with Crippen LogP contribution in [0, 0.1) is 11.8 Å². The summed E-state index contributed by atoms with van der Waals surface area (Å²) in [6.07, 6.45) is -0.121. The van der Waals surface area contributed by atoms with Crippen LogP contribution in [0.15, 0.2) is 24.3 Å². The summed E-state index contributed by atoms with van der Waals surface area (Å²) in [6.45, 7) is 3.80. The number of fused-ring (bicyclic) bond motifs is 2. The highest BCUT2D eigenvalue weighted by atomic mass is 16.7. The molecule has 4 aliphatic heterocycles. The van der Waals surface area contributed by atoms with Crippen LogP contribution in [0.3, 0.4) is 0 Å². The summed E-state index contributed by atoms with van der Waals surface area (Å²) < 4.78 is 12.2. The Kier molecular flexibility index (Phi) is 4.49. The normalized spacial score (nSPS) is 41.3. The SMILES string of the molecule is CC[C@@]1(CO)N[C@H]2C[C@@]3(C(=O)N(OC)c4ccccc43)[C@@H]3OC[C@H]2[C@H]1[C@@H]3OC(C)=O. The standard InChI is InChI=1S/C22H28N2O6/c1-4-21(11-25)17-13-10-29-19(18(17)30-12(2)26)22(9-15(13)23-21)14-7-5-6-8-16(14)24(28-3)20(22)27/h5-8,13,15,17-19,23,25H,4,9-11H2,1-3H3/t13-,15+,17+,18+,19-,21+,22+/m1/s1. The lowest BCUT2D eigenvalue weighted by Crippen LogP contribution is -2.65. The summed E-state index contributed by atoms with van der Waals surface area (Å²) >= 11 is 0. The molecule has 1 spiro atoms. The molecule has 8 nitrogen and oxygen atoms in total. The highest BCUT2D eigenvalue weighted by molar-refractivity contribution is 6.07. The third-order valence-corrected chi connectivity index (χ3v) is 7.80. The van der Waals surface area contributed by atoms with E-state index in [0.717, 1.165) is 5.56 Å². The van der Waals surface area contributed by atoms with Crippen molar-refractivity contribution in [2.75, 3.05) is 25.4 Å². The van der Waals surface area contributed by atoms with E-state index in [0.29, 0.717) is 25.1 Å². The molecule has 1 saturated carbocycles. The minimum atomic E-state index is -1.02. The Balaban J connectivity index is 1.71. The van der Waals surface area contributed by atoms with Crippen LogP contribution in [0.5, 0.6) is 0 Å². The Bertz CT molecular complexity index is 886. The minimum Gasteiger partial charge on any atom is -0.459 e. The number of benzene rings is 1. The molecule has 1 amide bonds. The molecule has 1 aromatic rings. The minimum absolute atomic E-state index is 0.0358. The summed E-state index contributed by atoms with van der Waals surface area (Å²) in [6, 6.07) is 7.52. The van der Waals surface area contributed by atoms with Gasteiger partial charge in [0.25, 0.3) is 5.91 Å². The molecule has 30 heavy (non-hydrogen) atoms. The zero-order valence-electron chi connectivity index (χ0n) is 17.5. The van der Waals surface area contributed by atoms with E-state index in [9.17, 15) is 14.7 Å². The van der Waals surface area contributed by atoms with Gasteiger partial charge in [-0.05, 0) is 24.5 Å². The average Bonchev–Trinajstić information content (AvgIpc) is 3.07. The van der Waals surface area contributed by atoms with Crippen molar-refractivity contribution in [2.45, 2.75) is 55.9 Å². The molecule has 1 aromatic carbocycles. The van der Waals surface area contributed by atoms with Gasteiger partial charge in [-0.15, -0.1) is 0 Å². The van der Waals surface area contributed by atoms with Crippen molar-refractivity contribution in [3.8, 4) is 0 Å². The first kappa shape index (κ1) is 19.9. The fraction of sp³-hybridized carbons (Fsp3) is 0.636. The smallest absolute Gasteiger partial charge is 0.303 e. The van der Waals surface area contributed by atoms with Crippen LogP contribution in [0.25, 0.3) is 0 Å². The van der Waals surface area contributed by atoms with E-state index in [2.05, 4.69) is 5.32 Å². The van der Waals surface area contributed by atoms with Crippen LogP contribution in [-0.2, 0) is 29.3 Å². The predicted molar refractivity (Wildman–Crippen MR) is 107 cm³/mol. The number of nitrogens with one attached hydrogen (secondary N) is 1. The van der Waals surface area contributed by atoms with Crippen molar-refractivity contribution in [1.82, 2.24) is 5.32 Å². The Morgan fingerprint density at radius 2 is 2.17 bits per heavy atom. The zero-order valence-corrected chi connectivity index (χ0v) is 17.5. The molecule has 8 heteroatoms. The number of aliphatic hydroxyl groups is 1. The first-order chi connectivity index (χ1) is 14.4. The predicted octanol–water partition coefficient (Wildman–Crippen LogP) is 0.912. The van der Waals surface area contributed by atoms with Crippen LogP contribution < -0.4 is 10.4 Å². The van der Waals surface area contributed by atoms with Crippen molar-refractivity contribution in [3.63, 3.8) is 0 Å². The maximum absolute atomic E-state index is 13.8. The molecule has 4 heterocycles. The molecule has 0 unspecified atom stereocenters. The number of rotatable bonds is 4. The molecule has 6 rings (SSSR count). The monoisotopic (exact) mass is 416 g/mol. The largest absolute Gasteiger partial charge is 0.459 e. The third kappa shape index (κ3) is 2.30. The number of carbonyl (C=O) groups excluding carboxylic acids is 2.